The minimum Gasteiger partial charge on any atom is -0.278 e. The van der Waals surface area contributed by atoms with Crippen molar-refractivity contribution >= 4 is 11.8 Å². The molecule has 1 aliphatic heterocycles. The van der Waals surface area contributed by atoms with Crippen molar-refractivity contribution in [1.29, 1.82) is 5.26 Å². The van der Waals surface area contributed by atoms with Crippen LogP contribution in [-0.4, -0.2) is 22.8 Å². The molecule has 1 aliphatic carbocycles. The van der Waals surface area contributed by atoms with E-state index < -0.39 is 0 Å². The zero-order valence-corrected chi connectivity index (χ0v) is 10.3. The summed E-state index contributed by atoms with van der Waals surface area (Å²) < 4.78 is 0. The summed E-state index contributed by atoms with van der Waals surface area (Å²) in [6, 6.07) is 1.75. The first-order valence-corrected chi connectivity index (χ1v) is 6.34. The lowest BCUT2D eigenvalue weighted by Gasteiger charge is -2.22. The molecule has 17 heavy (non-hydrogen) atoms. The van der Waals surface area contributed by atoms with E-state index in [1.807, 2.05) is 6.07 Å². The van der Waals surface area contributed by atoms with Gasteiger partial charge in [0.25, 0.3) is 0 Å². The van der Waals surface area contributed by atoms with Crippen LogP contribution in [0.2, 0.25) is 0 Å². The summed E-state index contributed by atoms with van der Waals surface area (Å²) >= 11 is 0. The average Bonchev–Trinajstić information content (AvgIpc) is 2.81. The second-order valence-electron chi connectivity index (χ2n) is 5.22. The Balaban J connectivity index is 2.14. The number of hydrogen-bond donors (Lipinski definition) is 0. The van der Waals surface area contributed by atoms with Gasteiger partial charge < -0.3 is 0 Å². The van der Waals surface area contributed by atoms with Crippen LogP contribution in [0.3, 0.4) is 0 Å². The molecule has 0 aromatic rings. The number of carbonyl (C=O) groups excluding carboxylic acids is 2. The van der Waals surface area contributed by atoms with Gasteiger partial charge in [-0.2, -0.15) is 5.26 Å². The second-order valence-corrected chi connectivity index (χ2v) is 5.22. The van der Waals surface area contributed by atoms with E-state index in [0.717, 1.165) is 19.3 Å². The standard InChI is InChI=1S/C13H18N2O2/c1-3-9-6-10-11(7-9)13(17)15(12(10)16)8(2)4-5-14/h8-11H,3-4,6-7H2,1-2H3. The Hall–Kier alpha value is -1.37. The van der Waals surface area contributed by atoms with Crippen molar-refractivity contribution in [2.45, 2.75) is 45.6 Å². The summed E-state index contributed by atoms with van der Waals surface area (Å²) in [5, 5.41) is 8.65. The first-order chi connectivity index (χ1) is 8.10. The highest BCUT2D eigenvalue weighted by molar-refractivity contribution is 6.05. The van der Waals surface area contributed by atoms with Gasteiger partial charge in [0.2, 0.25) is 11.8 Å². The quantitative estimate of drug-likeness (QED) is 0.698. The monoisotopic (exact) mass is 234 g/mol. The third-order valence-electron chi connectivity index (χ3n) is 4.17. The minimum absolute atomic E-state index is 0.0429. The first kappa shape index (κ1) is 12.1. The smallest absolute Gasteiger partial charge is 0.233 e. The van der Waals surface area contributed by atoms with Gasteiger partial charge in [-0.05, 0) is 25.7 Å². The van der Waals surface area contributed by atoms with Gasteiger partial charge in [-0.1, -0.05) is 13.3 Å². The van der Waals surface area contributed by atoms with Crippen LogP contribution in [-0.2, 0) is 9.59 Å². The van der Waals surface area contributed by atoms with Gasteiger partial charge in [-0.3, -0.25) is 14.5 Å². The van der Waals surface area contributed by atoms with Crippen molar-refractivity contribution in [3.05, 3.63) is 0 Å². The Bertz CT molecular complexity index is 361. The average molecular weight is 234 g/mol. The molecule has 0 aromatic heterocycles. The van der Waals surface area contributed by atoms with Crippen LogP contribution in [0.15, 0.2) is 0 Å². The lowest BCUT2D eigenvalue weighted by atomic mass is 10.00. The number of fused-ring (bicyclic) bond motifs is 1. The molecule has 2 fully saturated rings. The van der Waals surface area contributed by atoms with Crippen LogP contribution >= 0.6 is 0 Å². The summed E-state index contributed by atoms with van der Waals surface area (Å²) in [5.41, 5.74) is 0. The highest BCUT2D eigenvalue weighted by atomic mass is 16.2. The molecule has 2 amide bonds. The lowest BCUT2D eigenvalue weighted by Crippen LogP contribution is -2.39. The molecule has 0 aromatic carbocycles. The third-order valence-corrected chi connectivity index (χ3v) is 4.17. The molecule has 0 spiro atoms. The molecule has 2 rings (SSSR count). The summed E-state index contributed by atoms with van der Waals surface area (Å²) in [7, 11) is 0. The summed E-state index contributed by atoms with van der Waals surface area (Å²) in [4.78, 5) is 25.7. The van der Waals surface area contributed by atoms with Gasteiger partial charge in [0, 0.05) is 6.04 Å². The van der Waals surface area contributed by atoms with Crippen LogP contribution in [0, 0.1) is 29.1 Å². The number of likely N-dealkylation sites (tertiary alicyclic amines) is 1. The van der Waals surface area contributed by atoms with E-state index in [0.29, 0.717) is 5.92 Å². The van der Waals surface area contributed by atoms with Crippen molar-refractivity contribution in [1.82, 2.24) is 4.90 Å². The topological polar surface area (TPSA) is 61.2 Å². The van der Waals surface area contributed by atoms with Gasteiger partial charge >= 0.3 is 0 Å². The van der Waals surface area contributed by atoms with Crippen molar-refractivity contribution in [3.63, 3.8) is 0 Å². The van der Waals surface area contributed by atoms with Crippen LogP contribution in [0.1, 0.15) is 39.5 Å². The maximum atomic E-state index is 12.2. The Morgan fingerprint density at radius 2 is 1.88 bits per heavy atom. The van der Waals surface area contributed by atoms with Crippen molar-refractivity contribution in [2.24, 2.45) is 17.8 Å². The Morgan fingerprint density at radius 1 is 1.35 bits per heavy atom. The normalized spacial score (nSPS) is 33.7. The molecule has 3 unspecified atom stereocenters. The molecular formula is C13H18N2O2. The lowest BCUT2D eigenvalue weighted by molar-refractivity contribution is -0.142. The molecule has 1 heterocycles. The van der Waals surface area contributed by atoms with E-state index in [4.69, 9.17) is 5.26 Å². The minimum atomic E-state index is -0.273. The molecule has 4 heteroatoms. The van der Waals surface area contributed by atoms with Gasteiger partial charge in [-0.15, -0.1) is 0 Å². The largest absolute Gasteiger partial charge is 0.278 e. The number of nitrogens with zero attached hydrogens (tertiary/aromatic N) is 2. The highest BCUT2D eigenvalue weighted by Crippen LogP contribution is 2.44. The predicted octanol–water partition coefficient (Wildman–Crippen LogP) is 1.71. The van der Waals surface area contributed by atoms with Gasteiger partial charge in [-0.25, -0.2) is 0 Å². The van der Waals surface area contributed by atoms with Gasteiger partial charge in [0.05, 0.1) is 24.3 Å². The number of carbonyl (C=O) groups is 2. The predicted molar refractivity (Wildman–Crippen MR) is 61.5 cm³/mol. The number of imide groups is 1. The molecule has 1 saturated heterocycles. The molecule has 4 nitrogen and oxygen atoms in total. The van der Waals surface area contributed by atoms with Gasteiger partial charge in [0.15, 0.2) is 0 Å². The molecule has 0 bridgehead atoms. The van der Waals surface area contributed by atoms with Crippen molar-refractivity contribution in [2.75, 3.05) is 0 Å². The number of amides is 2. The summed E-state index contributed by atoms with van der Waals surface area (Å²) in [6.07, 6.45) is 2.97. The van der Waals surface area contributed by atoms with Crippen LogP contribution < -0.4 is 0 Å². The summed E-state index contributed by atoms with van der Waals surface area (Å²) in [5.74, 6) is 0.228. The van der Waals surface area contributed by atoms with Crippen molar-refractivity contribution in [3.8, 4) is 6.07 Å². The SMILES string of the molecule is CCC1CC2C(=O)N(C(C)CC#N)C(=O)C2C1. The molecule has 2 aliphatic rings. The Labute approximate surface area is 102 Å². The maximum absolute atomic E-state index is 12.2. The molecule has 0 radical (unpaired) electrons. The van der Waals surface area contributed by atoms with E-state index in [2.05, 4.69) is 6.92 Å². The molecule has 92 valence electrons. The fourth-order valence-corrected chi connectivity index (χ4v) is 3.15. The fourth-order valence-electron chi connectivity index (χ4n) is 3.15. The Morgan fingerprint density at radius 3 is 2.29 bits per heavy atom. The van der Waals surface area contributed by atoms with E-state index >= 15 is 0 Å². The molecule has 3 atom stereocenters. The van der Waals surface area contributed by atoms with E-state index in [1.54, 1.807) is 6.92 Å². The first-order valence-electron chi connectivity index (χ1n) is 6.34. The zero-order chi connectivity index (χ0) is 12.6. The fraction of sp³-hybridized carbons (Fsp3) is 0.769. The number of hydrogen-bond acceptors (Lipinski definition) is 3. The maximum Gasteiger partial charge on any atom is 0.233 e. The van der Waals surface area contributed by atoms with Crippen LogP contribution in [0.25, 0.3) is 0 Å². The van der Waals surface area contributed by atoms with Crippen LogP contribution in [0.4, 0.5) is 0 Å². The van der Waals surface area contributed by atoms with E-state index in [-0.39, 0.29) is 36.1 Å². The molecular weight excluding hydrogens is 216 g/mol. The van der Waals surface area contributed by atoms with E-state index in [9.17, 15) is 9.59 Å². The molecule has 0 N–H and O–H groups in total. The Kier molecular flexibility index (Phi) is 3.19. The van der Waals surface area contributed by atoms with E-state index in [1.165, 1.54) is 4.90 Å². The molecule has 1 saturated carbocycles. The zero-order valence-electron chi connectivity index (χ0n) is 10.3. The number of nitriles is 1. The van der Waals surface area contributed by atoms with Crippen LogP contribution in [0.5, 0.6) is 0 Å². The second kappa shape index (κ2) is 4.48. The summed E-state index contributed by atoms with van der Waals surface area (Å²) in [6.45, 7) is 3.88. The van der Waals surface area contributed by atoms with Gasteiger partial charge in [0.1, 0.15) is 0 Å². The van der Waals surface area contributed by atoms with Crippen molar-refractivity contribution < 1.29 is 9.59 Å². The third kappa shape index (κ3) is 1.84. The number of rotatable bonds is 3. The highest BCUT2D eigenvalue weighted by Gasteiger charge is 2.53.